The number of hydrogen-bond donors (Lipinski definition) is 1. The normalized spacial score (nSPS) is 19.5. The van der Waals surface area contributed by atoms with E-state index in [-0.39, 0.29) is 5.91 Å². The minimum atomic E-state index is 0.205. The Morgan fingerprint density at radius 2 is 2.53 bits per heavy atom. The fourth-order valence-electron chi connectivity index (χ4n) is 2.25. The van der Waals surface area contributed by atoms with E-state index in [0.29, 0.717) is 19.0 Å². The summed E-state index contributed by atoms with van der Waals surface area (Å²) in [5, 5.41) is 7.28. The van der Waals surface area contributed by atoms with Gasteiger partial charge in [-0.2, -0.15) is 5.10 Å². The highest BCUT2D eigenvalue weighted by Gasteiger charge is 2.24. The molecule has 17 heavy (non-hydrogen) atoms. The molecule has 1 aromatic heterocycles. The summed E-state index contributed by atoms with van der Waals surface area (Å²) in [4.78, 5) is 17.9. The van der Waals surface area contributed by atoms with Crippen molar-refractivity contribution in [1.82, 2.24) is 25.0 Å². The van der Waals surface area contributed by atoms with Crippen molar-refractivity contribution < 1.29 is 4.79 Å². The minimum Gasteiger partial charge on any atom is -0.339 e. The van der Waals surface area contributed by atoms with Crippen LogP contribution in [-0.4, -0.2) is 51.2 Å². The van der Waals surface area contributed by atoms with Crippen LogP contribution in [-0.2, 0) is 11.3 Å². The van der Waals surface area contributed by atoms with E-state index in [2.05, 4.69) is 15.4 Å². The molecule has 1 atom stereocenters. The van der Waals surface area contributed by atoms with E-state index < -0.39 is 0 Å². The van der Waals surface area contributed by atoms with Crippen molar-refractivity contribution in [3.05, 3.63) is 12.7 Å². The predicted octanol–water partition coefficient (Wildman–Crippen LogP) is -0.121. The van der Waals surface area contributed by atoms with Crippen molar-refractivity contribution in [1.29, 1.82) is 0 Å². The van der Waals surface area contributed by atoms with E-state index in [1.54, 1.807) is 11.0 Å². The Balaban J connectivity index is 1.84. The molecule has 0 spiro atoms. The number of likely N-dealkylation sites (N-methyl/N-ethyl adjacent to an activating group) is 1. The minimum absolute atomic E-state index is 0.205. The second-order valence-electron chi connectivity index (χ2n) is 4.23. The summed E-state index contributed by atoms with van der Waals surface area (Å²) in [7, 11) is 0. The Morgan fingerprint density at radius 3 is 3.12 bits per heavy atom. The number of amides is 1. The van der Waals surface area contributed by atoms with Crippen molar-refractivity contribution >= 4 is 5.91 Å². The van der Waals surface area contributed by atoms with E-state index in [0.717, 1.165) is 26.1 Å². The molecular formula is C11H19N5O. The van der Waals surface area contributed by atoms with Crippen LogP contribution < -0.4 is 5.32 Å². The van der Waals surface area contributed by atoms with Crippen molar-refractivity contribution in [2.75, 3.05) is 19.6 Å². The zero-order valence-corrected chi connectivity index (χ0v) is 10.2. The average molecular weight is 237 g/mol. The van der Waals surface area contributed by atoms with Crippen molar-refractivity contribution in [3.63, 3.8) is 0 Å². The topological polar surface area (TPSA) is 63.1 Å². The zero-order valence-electron chi connectivity index (χ0n) is 10.2. The van der Waals surface area contributed by atoms with Crippen LogP contribution in [0, 0.1) is 0 Å². The molecule has 1 aliphatic heterocycles. The molecule has 0 saturated carbocycles. The number of carbonyl (C=O) groups is 1. The van der Waals surface area contributed by atoms with Crippen LogP contribution in [0.1, 0.15) is 19.8 Å². The Bertz CT molecular complexity index is 345. The van der Waals surface area contributed by atoms with Crippen LogP contribution in [0.25, 0.3) is 0 Å². The van der Waals surface area contributed by atoms with Gasteiger partial charge in [-0.15, -0.1) is 0 Å². The molecular weight excluding hydrogens is 218 g/mol. The maximum absolute atomic E-state index is 12.1. The molecule has 1 saturated heterocycles. The summed E-state index contributed by atoms with van der Waals surface area (Å²) >= 11 is 0. The first kappa shape index (κ1) is 12.0. The second kappa shape index (κ2) is 5.77. The van der Waals surface area contributed by atoms with Gasteiger partial charge in [-0.1, -0.05) is 0 Å². The van der Waals surface area contributed by atoms with Crippen LogP contribution in [0.5, 0.6) is 0 Å². The van der Waals surface area contributed by atoms with Crippen molar-refractivity contribution in [2.24, 2.45) is 0 Å². The zero-order chi connectivity index (χ0) is 12.1. The van der Waals surface area contributed by atoms with Gasteiger partial charge < -0.3 is 10.2 Å². The molecule has 0 bridgehead atoms. The maximum atomic E-state index is 12.1. The Kier molecular flexibility index (Phi) is 4.08. The van der Waals surface area contributed by atoms with Crippen LogP contribution in [0.2, 0.25) is 0 Å². The van der Waals surface area contributed by atoms with Gasteiger partial charge in [-0.25, -0.2) is 4.98 Å². The summed E-state index contributed by atoms with van der Waals surface area (Å²) in [6.07, 6.45) is 4.68. The highest BCUT2D eigenvalue weighted by molar-refractivity contribution is 5.76. The standard InChI is InChI=1S/C11H19N5O/c1-2-16(10-3-5-12-7-10)11(17)4-6-15-9-13-8-14-15/h8-10,12H,2-7H2,1H3. The summed E-state index contributed by atoms with van der Waals surface area (Å²) in [5.41, 5.74) is 0. The first-order valence-electron chi connectivity index (χ1n) is 6.14. The number of nitrogens with one attached hydrogen (secondary N) is 1. The fourth-order valence-corrected chi connectivity index (χ4v) is 2.25. The second-order valence-corrected chi connectivity index (χ2v) is 4.23. The average Bonchev–Trinajstić information content (AvgIpc) is 3.00. The summed E-state index contributed by atoms with van der Waals surface area (Å²) in [6, 6.07) is 0.364. The molecule has 0 aromatic carbocycles. The van der Waals surface area contributed by atoms with Gasteiger partial charge >= 0.3 is 0 Å². The molecule has 0 aliphatic carbocycles. The van der Waals surface area contributed by atoms with Crippen molar-refractivity contribution in [3.8, 4) is 0 Å². The smallest absolute Gasteiger partial charge is 0.224 e. The fraction of sp³-hybridized carbons (Fsp3) is 0.727. The molecule has 1 aliphatic rings. The molecule has 2 heterocycles. The lowest BCUT2D eigenvalue weighted by molar-refractivity contribution is -0.133. The van der Waals surface area contributed by atoms with Crippen LogP contribution in [0.3, 0.4) is 0 Å². The lowest BCUT2D eigenvalue weighted by Crippen LogP contribution is -2.41. The third-order valence-corrected chi connectivity index (χ3v) is 3.16. The molecule has 1 amide bonds. The van der Waals surface area contributed by atoms with Gasteiger partial charge in [-0.3, -0.25) is 9.48 Å². The molecule has 0 radical (unpaired) electrons. The lowest BCUT2D eigenvalue weighted by atomic mass is 10.2. The summed E-state index contributed by atoms with van der Waals surface area (Å²) in [5.74, 6) is 0.205. The first-order chi connectivity index (χ1) is 8.31. The number of nitrogens with zero attached hydrogens (tertiary/aromatic N) is 4. The van der Waals surface area contributed by atoms with Gasteiger partial charge in [-0.05, 0) is 19.9 Å². The van der Waals surface area contributed by atoms with Crippen LogP contribution in [0.4, 0.5) is 0 Å². The molecule has 6 nitrogen and oxygen atoms in total. The van der Waals surface area contributed by atoms with E-state index >= 15 is 0 Å². The molecule has 2 rings (SSSR count). The number of aryl methyl sites for hydroxylation is 1. The maximum Gasteiger partial charge on any atom is 0.224 e. The third kappa shape index (κ3) is 3.03. The van der Waals surface area contributed by atoms with Crippen LogP contribution >= 0.6 is 0 Å². The monoisotopic (exact) mass is 237 g/mol. The first-order valence-corrected chi connectivity index (χ1v) is 6.14. The summed E-state index contributed by atoms with van der Waals surface area (Å²) in [6.45, 7) is 5.35. The van der Waals surface area contributed by atoms with Crippen molar-refractivity contribution in [2.45, 2.75) is 32.4 Å². The van der Waals surface area contributed by atoms with Gasteiger partial charge in [0.2, 0.25) is 5.91 Å². The summed E-state index contributed by atoms with van der Waals surface area (Å²) < 4.78 is 1.69. The Morgan fingerprint density at radius 1 is 1.65 bits per heavy atom. The Hall–Kier alpha value is -1.43. The van der Waals surface area contributed by atoms with E-state index in [9.17, 15) is 4.79 Å². The van der Waals surface area contributed by atoms with Crippen LogP contribution in [0.15, 0.2) is 12.7 Å². The molecule has 1 fully saturated rings. The highest BCUT2D eigenvalue weighted by Crippen LogP contribution is 2.10. The van der Waals surface area contributed by atoms with E-state index in [1.165, 1.54) is 6.33 Å². The SMILES string of the molecule is CCN(C(=O)CCn1cncn1)C1CCNC1. The third-order valence-electron chi connectivity index (χ3n) is 3.16. The molecule has 1 aromatic rings. The van der Waals surface area contributed by atoms with Gasteiger partial charge in [0.05, 0.1) is 6.54 Å². The Labute approximate surface area is 101 Å². The van der Waals surface area contributed by atoms with Gasteiger partial charge in [0.15, 0.2) is 0 Å². The van der Waals surface area contributed by atoms with E-state index in [1.807, 2.05) is 11.8 Å². The van der Waals surface area contributed by atoms with Gasteiger partial charge in [0.25, 0.3) is 0 Å². The molecule has 1 unspecified atom stereocenters. The van der Waals surface area contributed by atoms with E-state index in [4.69, 9.17) is 0 Å². The molecule has 94 valence electrons. The molecule has 6 heteroatoms. The molecule has 1 N–H and O–H groups in total. The number of aromatic nitrogens is 3. The number of carbonyl (C=O) groups excluding carboxylic acids is 1. The van der Waals surface area contributed by atoms with Gasteiger partial charge in [0.1, 0.15) is 12.7 Å². The lowest BCUT2D eigenvalue weighted by Gasteiger charge is -2.27. The van der Waals surface area contributed by atoms with Gasteiger partial charge in [0, 0.05) is 25.6 Å². The number of rotatable bonds is 5. The largest absolute Gasteiger partial charge is 0.339 e. The number of hydrogen-bond acceptors (Lipinski definition) is 4. The highest BCUT2D eigenvalue weighted by atomic mass is 16.2. The quantitative estimate of drug-likeness (QED) is 0.775. The predicted molar refractivity (Wildman–Crippen MR) is 63.3 cm³/mol.